The molecular formula is C12H16N2OS2. The first-order chi connectivity index (χ1) is 7.97. The van der Waals surface area contributed by atoms with E-state index in [0.717, 1.165) is 4.90 Å². The van der Waals surface area contributed by atoms with Gasteiger partial charge in [0.15, 0.2) is 0 Å². The van der Waals surface area contributed by atoms with Gasteiger partial charge in [-0.1, -0.05) is 12.2 Å². The van der Waals surface area contributed by atoms with Gasteiger partial charge >= 0.3 is 0 Å². The molecule has 0 aromatic heterocycles. The fourth-order valence-corrected chi connectivity index (χ4v) is 1.87. The van der Waals surface area contributed by atoms with Crippen LogP contribution in [0.15, 0.2) is 29.2 Å². The van der Waals surface area contributed by atoms with Crippen molar-refractivity contribution in [2.75, 3.05) is 13.3 Å². The third kappa shape index (κ3) is 3.44. The van der Waals surface area contributed by atoms with Gasteiger partial charge in [0, 0.05) is 17.5 Å². The Bertz CT molecular complexity index is 417. The number of likely N-dealkylation sites (N-methyl/N-ethyl adjacent to an activating group) is 1. The Hall–Kier alpha value is -1.07. The van der Waals surface area contributed by atoms with Crippen LogP contribution < -0.4 is 5.73 Å². The lowest BCUT2D eigenvalue weighted by Crippen LogP contribution is -2.42. The van der Waals surface area contributed by atoms with Crippen LogP contribution in [0.2, 0.25) is 0 Å². The molecule has 0 heterocycles. The number of thiocarbonyl (C=S) groups is 1. The number of hydrogen-bond acceptors (Lipinski definition) is 3. The molecule has 0 aliphatic rings. The van der Waals surface area contributed by atoms with Crippen LogP contribution in [0.3, 0.4) is 0 Å². The Kier molecular flexibility index (Phi) is 4.96. The molecule has 0 saturated heterocycles. The van der Waals surface area contributed by atoms with Gasteiger partial charge in [-0.05, 0) is 37.4 Å². The summed E-state index contributed by atoms with van der Waals surface area (Å²) in [5.41, 5.74) is 6.18. The monoisotopic (exact) mass is 268 g/mol. The molecule has 3 nitrogen and oxygen atoms in total. The van der Waals surface area contributed by atoms with Gasteiger partial charge in [-0.15, -0.1) is 11.8 Å². The summed E-state index contributed by atoms with van der Waals surface area (Å²) in [6, 6.07) is 7.25. The summed E-state index contributed by atoms with van der Waals surface area (Å²) in [6.07, 6.45) is 2.00. The van der Waals surface area contributed by atoms with Crippen LogP contribution in [-0.4, -0.2) is 35.1 Å². The maximum absolute atomic E-state index is 12.1. The second kappa shape index (κ2) is 6.02. The van der Waals surface area contributed by atoms with E-state index in [9.17, 15) is 4.79 Å². The van der Waals surface area contributed by atoms with Crippen molar-refractivity contribution < 1.29 is 4.79 Å². The topological polar surface area (TPSA) is 46.3 Å². The molecule has 0 saturated carbocycles. The quantitative estimate of drug-likeness (QED) is 0.671. The summed E-state index contributed by atoms with van der Waals surface area (Å²) in [4.78, 5) is 15.1. The van der Waals surface area contributed by atoms with E-state index in [-0.39, 0.29) is 11.9 Å². The molecule has 92 valence electrons. The van der Waals surface area contributed by atoms with Crippen LogP contribution in [0, 0.1) is 0 Å². The molecule has 1 rings (SSSR count). The van der Waals surface area contributed by atoms with Gasteiger partial charge < -0.3 is 10.6 Å². The lowest BCUT2D eigenvalue weighted by atomic mass is 10.2. The van der Waals surface area contributed by atoms with Crippen molar-refractivity contribution in [1.29, 1.82) is 0 Å². The Labute approximate surface area is 111 Å². The standard InChI is InChI=1S/C12H16N2OS2/c1-8(11(13)16)14(2)12(15)9-4-6-10(17-3)7-5-9/h4-8H,1-3H3,(H2,13,16). The highest BCUT2D eigenvalue weighted by molar-refractivity contribution is 7.98. The molecule has 0 aliphatic carbocycles. The third-order valence-corrected chi connectivity index (χ3v) is 3.73. The van der Waals surface area contributed by atoms with Crippen LogP contribution in [0.4, 0.5) is 0 Å². The first kappa shape index (κ1) is 14.0. The zero-order chi connectivity index (χ0) is 13.0. The number of nitrogens with zero attached hydrogens (tertiary/aromatic N) is 1. The van der Waals surface area contributed by atoms with Gasteiger partial charge in [0.2, 0.25) is 0 Å². The van der Waals surface area contributed by atoms with Gasteiger partial charge in [-0.2, -0.15) is 0 Å². The molecule has 0 fully saturated rings. The lowest BCUT2D eigenvalue weighted by Gasteiger charge is -2.24. The van der Waals surface area contributed by atoms with Gasteiger partial charge in [0.1, 0.15) is 0 Å². The molecule has 17 heavy (non-hydrogen) atoms. The van der Waals surface area contributed by atoms with E-state index in [1.807, 2.05) is 37.4 Å². The summed E-state index contributed by atoms with van der Waals surface area (Å²) in [7, 11) is 1.70. The molecule has 0 spiro atoms. The average Bonchev–Trinajstić information content (AvgIpc) is 2.36. The van der Waals surface area contributed by atoms with Crippen LogP contribution in [-0.2, 0) is 0 Å². The number of rotatable bonds is 4. The van der Waals surface area contributed by atoms with Gasteiger partial charge in [-0.3, -0.25) is 4.79 Å². The van der Waals surface area contributed by atoms with E-state index >= 15 is 0 Å². The Morgan fingerprint density at radius 2 is 1.94 bits per heavy atom. The highest BCUT2D eigenvalue weighted by Gasteiger charge is 2.18. The first-order valence-electron chi connectivity index (χ1n) is 5.18. The molecule has 1 unspecified atom stereocenters. The van der Waals surface area contributed by atoms with Gasteiger partial charge in [0.05, 0.1) is 11.0 Å². The Morgan fingerprint density at radius 3 is 2.35 bits per heavy atom. The minimum atomic E-state index is -0.238. The normalized spacial score (nSPS) is 11.9. The van der Waals surface area contributed by atoms with E-state index in [4.69, 9.17) is 18.0 Å². The molecule has 2 N–H and O–H groups in total. The number of thioether (sulfide) groups is 1. The van der Waals surface area contributed by atoms with Crippen LogP contribution in [0.5, 0.6) is 0 Å². The number of carbonyl (C=O) groups excluding carboxylic acids is 1. The highest BCUT2D eigenvalue weighted by atomic mass is 32.2. The van der Waals surface area contributed by atoms with Crippen LogP contribution in [0.25, 0.3) is 0 Å². The van der Waals surface area contributed by atoms with Crippen molar-refractivity contribution in [2.45, 2.75) is 17.9 Å². The summed E-state index contributed by atoms with van der Waals surface area (Å²) >= 11 is 6.53. The number of benzene rings is 1. The predicted molar refractivity (Wildman–Crippen MR) is 76.6 cm³/mol. The van der Waals surface area contributed by atoms with Gasteiger partial charge in [0.25, 0.3) is 5.91 Å². The predicted octanol–water partition coefficient (Wildman–Crippen LogP) is 2.16. The first-order valence-corrected chi connectivity index (χ1v) is 6.81. The molecule has 0 radical (unpaired) electrons. The van der Waals surface area contributed by atoms with Crippen LogP contribution >= 0.6 is 24.0 Å². The molecular weight excluding hydrogens is 252 g/mol. The summed E-state index contributed by atoms with van der Waals surface area (Å²) in [5, 5.41) is 0. The molecule has 1 aromatic carbocycles. The van der Waals surface area contributed by atoms with E-state index in [0.29, 0.717) is 10.6 Å². The Morgan fingerprint density at radius 1 is 1.41 bits per heavy atom. The maximum atomic E-state index is 12.1. The lowest BCUT2D eigenvalue weighted by molar-refractivity contribution is 0.0779. The summed E-state index contributed by atoms with van der Waals surface area (Å²) < 4.78 is 0. The van der Waals surface area contributed by atoms with Crippen LogP contribution in [0.1, 0.15) is 17.3 Å². The van der Waals surface area contributed by atoms with E-state index in [2.05, 4.69) is 0 Å². The van der Waals surface area contributed by atoms with Crippen molar-refractivity contribution in [3.8, 4) is 0 Å². The summed E-state index contributed by atoms with van der Waals surface area (Å²) in [6.45, 7) is 1.82. The van der Waals surface area contributed by atoms with E-state index in [1.54, 1.807) is 23.7 Å². The number of hydrogen-bond donors (Lipinski definition) is 1. The molecule has 1 amide bonds. The minimum Gasteiger partial charge on any atom is -0.392 e. The van der Waals surface area contributed by atoms with Crippen molar-refractivity contribution in [1.82, 2.24) is 4.90 Å². The van der Waals surface area contributed by atoms with Crippen molar-refractivity contribution in [3.63, 3.8) is 0 Å². The third-order valence-electron chi connectivity index (χ3n) is 2.65. The second-order valence-electron chi connectivity index (χ2n) is 3.72. The van der Waals surface area contributed by atoms with Crippen molar-refractivity contribution in [3.05, 3.63) is 29.8 Å². The minimum absolute atomic E-state index is 0.0713. The molecule has 0 aliphatic heterocycles. The van der Waals surface area contributed by atoms with Crippen molar-refractivity contribution >= 4 is 34.9 Å². The average molecular weight is 268 g/mol. The second-order valence-corrected chi connectivity index (χ2v) is 5.07. The highest BCUT2D eigenvalue weighted by Crippen LogP contribution is 2.16. The molecule has 5 heteroatoms. The van der Waals surface area contributed by atoms with Crippen molar-refractivity contribution in [2.24, 2.45) is 5.73 Å². The zero-order valence-electron chi connectivity index (χ0n) is 10.1. The summed E-state index contributed by atoms with van der Waals surface area (Å²) in [5.74, 6) is -0.0713. The maximum Gasteiger partial charge on any atom is 0.254 e. The fourth-order valence-electron chi connectivity index (χ4n) is 1.30. The molecule has 1 aromatic rings. The zero-order valence-corrected chi connectivity index (χ0v) is 11.8. The van der Waals surface area contributed by atoms with E-state index in [1.165, 1.54) is 0 Å². The fraction of sp³-hybridized carbons (Fsp3) is 0.333. The number of carbonyl (C=O) groups is 1. The molecule has 0 bridgehead atoms. The number of amides is 1. The van der Waals surface area contributed by atoms with E-state index < -0.39 is 0 Å². The number of nitrogens with two attached hydrogens (primary N) is 1. The SMILES string of the molecule is CSc1ccc(C(=O)N(C)C(C)C(N)=S)cc1. The molecule has 1 atom stereocenters. The largest absolute Gasteiger partial charge is 0.392 e. The smallest absolute Gasteiger partial charge is 0.254 e. The Balaban J connectivity index is 2.85. The van der Waals surface area contributed by atoms with Gasteiger partial charge in [-0.25, -0.2) is 0 Å².